The molecule has 0 N–H and O–H groups in total. The van der Waals surface area contributed by atoms with Gasteiger partial charge in [-0.3, -0.25) is 0 Å². The summed E-state index contributed by atoms with van der Waals surface area (Å²) in [6, 6.07) is 10.6. The maximum absolute atomic E-state index is 3.82. The topological polar surface area (TPSA) is 0 Å². The van der Waals surface area contributed by atoms with Gasteiger partial charge in [0.2, 0.25) is 0 Å². The molecule has 0 amide bonds. The Balaban J connectivity index is 2.74. The Kier molecular flexibility index (Phi) is 4.32. The molecule has 0 aromatic heterocycles. The van der Waals surface area contributed by atoms with Gasteiger partial charge in [0.15, 0.2) is 0 Å². The van der Waals surface area contributed by atoms with E-state index in [0.717, 1.165) is 24.1 Å². The van der Waals surface area contributed by atoms with Crippen molar-refractivity contribution in [3.05, 3.63) is 61.2 Å². The van der Waals surface area contributed by atoms with Gasteiger partial charge in [0, 0.05) is 5.56 Å². The molecular formula is C14H20N+. The van der Waals surface area contributed by atoms with Crippen LogP contribution in [0.2, 0.25) is 0 Å². The van der Waals surface area contributed by atoms with E-state index in [4.69, 9.17) is 0 Å². The van der Waals surface area contributed by atoms with Crippen molar-refractivity contribution in [2.24, 2.45) is 0 Å². The summed E-state index contributed by atoms with van der Waals surface area (Å²) in [6.07, 6.45) is 3.96. The van der Waals surface area contributed by atoms with Crippen LogP contribution in [-0.4, -0.2) is 24.6 Å². The first-order chi connectivity index (χ1) is 7.20. The van der Waals surface area contributed by atoms with Crippen molar-refractivity contribution in [2.45, 2.75) is 6.54 Å². The normalized spacial score (nSPS) is 11.0. The van der Waals surface area contributed by atoms with E-state index in [1.807, 2.05) is 12.2 Å². The second kappa shape index (κ2) is 5.52. The van der Waals surface area contributed by atoms with Crippen molar-refractivity contribution in [1.29, 1.82) is 0 Å². The highest BCUT2D eigenvalue weighted by Gasteiger charge is 2.18. The van der Waals surface area contributed by atoms with E-state index < -0.39 is 0 Å². The van der Waals surface area contributed by atoms with Gasteiger partial charge >= 0.3 is 0 Å². The van der Waals surface area contributed by atoms with Crippen LogP contribution in [0.5, 0.6) is 0 Å². The molecule has 0 fully saturated rings. The fourth-order valence-electron chi connectivity index (χ4n) is 1.85. The number of quaternary nitrogens is 1. The van der Waals surface area contributed by atoms with Gasteiger partial charge in [-0.1, -0.05) is 43.5 Å². The van der Waals surface area contributed by atoms with Crippen molar-refractivity contribution in [2.75, 3.05) is 20.1 Å². The van der Waals surface area contributed by atoms with E-state index in [1.165, 1.54) is 5.56 Å². The zero-order chi connectivity index (χ0) is 11.1. The minimum Gasteiger partial charge on any atom is -0.316 e. The third-order valence-electron chi connectivity index (χ3n) is 2.55. The van der Waals surface area contributed by atoms with Crippen LogP contribution in [0.15, 0.2) is 55.6 Å². The molecule has 1 aromatic carbocycles. The molecule has 1 aromatic rings. The van der Waals surface area contributed by atoms with Gasteiger partial charge < -0.3 is 4.48 Å². The van der Waals surface area contributed by atoms with Crippen LogP contribution in [0.4, 0.5) is 0 Å². The maximum atomic E-state index is 3.82. The van der Waals surface area contributed by atoms with Gasteiger partial charge in [0.05, 0.1) is 20.1 Å². The Morgan fingerprint density at radius 3 is 2.07 bits per heavy atom. The van der Waals surface area contributed by atoms with Gasteiger partial charge in [0.1, 0.15) is 6.54 Å². The van der Waals surface area contributed by atoms with Crippen LogP contribution < -0.4 is 0 Å². The third-order valence-corrected chi connectivity index (χ3v) is 2.55. The van der Waals surface area contributed by atoms with Crippen molar-refractivity contribution in [1.82, 2.24) is 0 Å². The monoisotopic (exact) mass is 202 g/mol. The summed E-state index contributed by atoms with van der Waals surface area (Å²) in [5, 5.41) is 0. The maximum Gasteiger partial charge on any atom is 0.105 e. The fraction of sp³-hybridized carbons (Fsp3) is 0.286. The number of hydrogen-bond donors (Lipinski definition) is 0. The lowest BCUT2D eigenvalue weighted by molar-refractivity contribution is -0.911. The van der Waals surface area contributed by atoms with Gasteiger partial charge in [0.25, 0.3) is 0 Å². The summed E-state index contributed by atoms with van der Waals surface area (Å²) in [7, 11) is 2.23. The second-order valence-corrected chi connectivity index (χ2v) is 4.21. The largest absolute Gasteiger partial charge is 0.316 e. The zero-order valence-corrected chi connectivity index (χ0v) is 9.52. The van der Waals surface area contributed by atoms with Crippen molar-refractivity contribution in [3.8, 4) is 0 Å². The second-order valence-electron chi connectivity index (χ2n) is 4.21. The Labute approximate surface area is 92.9 Å². The van der Waals surface area contributed by atoms with E-state index in [-0.39, 0.29) is 0 Å². The molecule has 1 heteroatoms. The molecule has 1 rings (SSSR count). The van der Waals surface area contributed by atoms with Crippen molar-refractivity contribution in [3.63, 3.8) is 0 Å². The Morgan fingerprint density at radius 1 is 1.07 bits per heavy atom. The molecule has 80 valence electrons. The van der Waals surface area contributed by atoms with Gasteiger partial charge in [-0.15, -0.1) is 0 Å². The summed E-state index contributed by atoms with van der Waals surface area (Å²) < 4.78 is 0.941. The van der Waals surface area contributed by atoms with Crippen LogP contribution >= 0.6 is 0 Å². The SMILES string of the molecule is C=CC[N+](C)(CC=C)Cc1ccccc1. The quantitative estimate of drug-likeness (QED) is 0.491. The van der Waals surface area contributed by atoms with Gasteiger partial charge in [-0.25, -0.2) is 0 Å². The van der Waals surface area contributed by atoms with Crippen LogP contribution in [0.1, 0.15) is 5.56 Å². The minimum absolute atomic E-state index is 0.941. The zero-order valence-electron chi connectivity index (χ0n) is 9.52. The molecule has 0 saturated heterocycles. The van der Waals surface area contributed by atoms with E-state index in [1.54, 1.807) is 0 Å². The summed E-state index contributed by atoms with van der Waals surface area (Å²) >= 11 is 0. The number of likely N-dealkylation sites (N-methyl/N-ethyl adjacent to an activating group) is 1. The van der Waals surface area contributed by atoms with E-state index in [9.17, 15) is 0 Å². The first-order valence-corrected chi connectivity index (χ1v) is 5.29. The average Bonchev–Trinajstić information content (AvgIpc) is 2.19. The Morgan fingerprint density at radius 2 is 1.60 bits per heavy atom. The summed E-state index contributed by atoms with van der Waals surface area (Å²) in [6.45, 7) is 10.6. The molecule has 0 unspecified atom stereocenters. The lowest BCUT2D eigenvalue weighted by Gasteiger charge is -2.32. The highest BCUT2D eigenvalue weighted by atomic mass is 15.3. The fourth-order valence-corrected chi connectivity index (χ4v) is 1.85. The number of hydrogen-bond acceptors (Lipinski definition) is 0. The van der Waals surface area contributed by atoms with Crippen LogP contribution in [0.3, 0.4) is 0 Å². The predicted molar refractivity (Wildman–Crippen MR) is 66.5 cm³/mol. The highest BCUT2D eigenvalue weighted by Crippen LogP contribution is 2.11. The van der Waals surface area contributed by atoms with Gasteiger partial charge in [-0.2, -0.15) is 0 Å². The Bertz CT molecular complexity index is 303. The van der Waals surface area contributed by atoms with E-state index >= 15 is 0 Å². The molecule has 0 saturated carbocycles. The molecule has 0 spiro atoms. The van der Waals surface area contributed by atoms with Gasteiger partial charge in [-0.05, 0) is 12.2 Å². The van der Waals surface area contributed by atoms with E-state index in [0.29, 0.717) is 0 Å². The summed E-state index contributed by atoms with van der Waals surface area (Å²) in [4.78, 5) is 0. The van der Waals surface area contributed by atoms with Crippen LogP contribution in [0.25, 0.3) is 0 Å². The minimum atomic E-state index is 0.941. The van der Waals surface area contributed by atoms with Crippen molar-refractivity contribution >= 4 is 0 Å². The molecule has 0 aliphatic rings. The molecule has 1 nitrogen and oxygen atoms in total. The van der Waals surface area contributed by atoms with Crippen LogP contribution in [-0.2, 0) is 6.54 Å². The molecule has 0 aliphatic carbocycles. The predicted octanol–water partition coefficient (Wildman–Crippen LogP) is 3.01. The molecule has 0 radical (unpaired) electrons. The summed E-state index contributed by atoms with van der Waals surface area (Å²) in [5.41, 5.74) is 1.36. The van der Waals surface area contributed by atoms with E-state index in [2.05, 4.69) is 50.5 Å². The first kappa shape index (κ1) is 11.7. The van der Waals surface area contributed by atoms with Crippen molar-refractivity contribution < 1.29 is 4.48 Å². The molecule has 15 heavy (non-hydrogen) atoms. The Hall–Kier alpha value is -1.34. The highest BCUT2D eigenvalue weighted by molar-refractivity contribution is 5.13. The summed E-state index contributed by atoms with van der Waals surface area (Å²) in [5.74, 6) is 0. The number of rotatable bonds is 6. The molecule has 0 heterocycles. The average molecular weight is 202 g/mol. The smallest absolute Gasteiger partial charge is 0.105 e. The molecule has 0 atom stereocenters. The third kappa shape index (κ3) is 3.72. The number of nitrogens with zero attached hydrogens (tertiary/aromatic N) is 1. The lowest BCUT2D eigenvalue weighted by Crippen LogP contribution is -2.43. The first-order valence-electron chi connectivity index (χ1n) is 5.29. The van der Waals surface area contributed by atoms with Crippen LogP contribution in [0, 0.1) is 0 Å². The molecular weight excluding hydrogens is 182 g/mol. The molecule has 0 aliphatic heterocycles. The standard InChI is InChI=1S/C14H20N/c1-4-11-15(3,12-5-2)13-14-9-7-6-8-10-14/h4-10H,1-2,11-13H2,3H3/q+1. The number of benzene rings is 1. The molecule has 0 bridgehead atoms. The lowest BCUT2D eigenvalue weighted by atomic mass is 10.2.